The van der Waals surface area contributed by atoms with Crippen LogP contribution in [-0.4, -0.2) is 52.2 Å². The predicted molar refractivity (Wildman–Crippen MR) is 86.7 cm³/mol. The molecule has 1 N–H and O–H groups in total. The molecule has 1 aliphatic carbocycles. The molecule has 1 saturated carbocycles. The molecule has 0 spiro atoms. The molecule has 1 fully saturated rings. The van der Waals surface area contributed by atoms with E-state index in [2.05, 4.69) is 26.1 Å². The Bertz CT molecular complexity index is 248. The lowest BCUT2D eigenvalue weighted by atomic mass is 9.78. The Morgan fingerprint density at radius 2 is 1.90 bits per heavy atom. The quantitative estimate of drug-likeness (QED) is 0.596. The smallest absolute Gasteiger partial charge is 0.0730 e. The van der Waals surface area contributed by atoms with E-state index in [9.17, 15) is 0 Å². The van der Waals surface area contributed by atoms with Crippen molar-refractivity contribution < 1.29 is 14.2 Å². The molecule has 0 heterocycles. The van der Waals surface area contributed by atoms with E-state index >= 15 is 0 Å². The van der Waals surface area contributed by atoms with Gasteiger partial charge >= 0.3 is 0 Å². The highest BCUT2D eigenvalue weighted by atomic mass is 16.5. The van der Waals surface area contributed by atoms with E-state index in [1.165, 1.54) is 19.3 Å². The summed E-state index contributed by atoms with van der Waals surface area (Å²) in [4.78, 5) is 0. The van der Waals surface area contributed by atoms with Gasteiger partial charge in [0, 0.05) is 26.4 Å². The average Bonchev–Trinajstić information content (AvgIpc) is 2.47. The van der Waals surface area contributed by atoms with Crippen molar-refractivity contribution in [3.63, 3.8) is 0 Å². The van der Waals surface area contributed by atoms with Crippen LogP contribution in [0.2, 0.25) is 0 Å². The Labute approximate surface area is 130 Å². The molecule has 4 nitrogen and oxygen atoms in total. The topological polar surface area (TPSA) is 39.7 Å². The highest BCUT2D eigenvalue weighted by Gasteiger charge is 2.31. The number of nitrogens with one attached hydrogen (secondary N) is 1. The Hall–Kier alpha value is -0.160. The van der Waals surface area contributed by atoms with E-state index in [0.29, 0.717) is 25.4 Å². The molecule has 0 aromatic heterocycles. The third-order valence-corrected chi connectivity index (χ3v) is 4.44. The van der Waals surface area contributed by atoms with Crippen molar-refractivity contribution in [2.45, 2.75) is 58.6 Å². The maximum Gasteiger partial charge on any atom is 0.0730 e. The van der Waals surface area contributed by atoms with Crippen LogP contribution in [0.25, 0.3) is 0 Å². The van der Waals surface area contributed by atoms with Crippen molar-refractivity contribution in [1.82, 2.24) is 5.32 Å². The van der Waals surface area contributed by atoms with Crippen LogP contribution in [0.1, 0.15) is 46.5 Å². The van der Waals surface area contributed by atoms with Gasteiger partial charge in [-0.2, -0.15) is 0 Å². The van der Waals surface area contributed by atoms with E-state index in [4.69, 9.17) is 14.2 Å². The maximum absolute atomic E-state index is 6.16. The predicted octanol–water partition coefficient (Wildman–Crippen LogP) is 2.86. The molecule has 0 aromatic carbocycles. The molecule has 4 heteroatoms. The average molecular weight is 301 g/mol. The van der Waals surface area contributed by atoms with Gasteiger partial charge in [0.25, 0.3) is 0 Å². The molecule has 0 aliphatic heterocycles. The summed E-state index contributed by atoms with van der Waals surface area (Å²) in [5.41, 5.74) is 0. The van der Waals surface area contributed by atoms with Crippen LogP contribution in [0.4, 0.5) is 0 Å². The zero-order chi connectivity index (χ0) is 15.5. The summed E-state index contributed by atoms with van der Waals surface area (Å²) < 4.78 is 16.6. The first kappa shape index (κ1) is 18.9. The Morgan fingerprint density at radius 1 is 1.10 bits per heavy atom. The molecule has 1 aliphatic rings. The summed E-state index contributed by atoms with van der Waals surface area (Å²) >= 11 is 0. The summed E-state index contributed by atoms with van der Waals surface area (Å²) in [6.07, 6.45) is 5.09. The molecule has 3 atom stereocenters. The summed E-state index contributed by atoms with van der Waals surface area (Å²) in [7, 11) is 1.70. The number of ether oxygens (including phenoxy) is 3. The van der Waals surface area contributed by atoms with Gasteiger partial charge in [-0.15, -0.1) is 0 Å². The molecule has 0 amide bonds. The van der Waals surface area contributed by atoms with Crippen LogP contribution in [-0.2, 0) is 14.2 Å². The fourth-order valence-electron chi connectivity index (χ4n) is 3.09. The number of hydrogen-bond donors (Lipinski definition) is 1. The van der Waals surface area contributed by atoms with Crippen LogP contribution in [0.3, 0.4) is 0 Å². The lowest BCUT2D eigenvalue weighted by Crippen LogP contribution is -2.46. The fraction of sp³-hybridized carbons (Fsp3) is 1.00. The molecular weight excluding hydrogens is 266 g/mol. The van der Waals surface area contributed by atoms with Gasteiger partial charge in [-0.05, 0) is 44.1 Å². The van der Waals surface area contributed by atoms with Crippen LogP contribution in [0.5, 0.6) is 0 Å². The SMILES string of the molecule is CCNC1CCC(C(C)C)CC1OCCCOCCOC. The molecule has 0 radical (unpaired) electrons. The Morgan fingerprint density at radius 3 is 2.57 bits per heavy atom. The van der Waals surface area contributed by atoms with Crippen molar-refractivity contribution in [2.24, 2.45) is 11.8 Å². The molecule has 0 saturated heterocycles. The van der Waals surface area contributed by atoms with Crippen molar-refractivity contribution in [1.29, 1.82) is 0 Å². The highest BCUT2D eigenvalue weighted by molar-refractivity contribution is 4.86. The van der Waals surface area contributed by atoms with E-state index in [1.54, 1.807) is 7.11 Å². The first-order valence-electron chi connectivity index (χ1n) is 8.60. The summed E-state index contributed by atoms with van der Waals surface area (Å²) in [5, 5.41) is 3.59. The number of rotatable bonds is 11. The minimum absolute atomic E-state index is 0.366. The summed E-state index contributed by atoms with van der Waals surface area (Å²) in [6.45, 7) is 10.8. The zero-order valence-electron chi connectivity index (χ0n) is 14.4. The maximum atomic E-state index is 6.16. The van der Waals surface area contributed by atoms with Crippen LogP contribution >= 0.6 is 0 Å². The van der Waals surface area contributed by atoms with Gasteiger partial charge in [0.1, 0.15) is 0 Å². The van der Waals surface area contributed by atoms with Gasteiger partial charge in [0.05, 0.1) is 19.3 Å². The molecule has 1 rings (SSSR count). The molecule has 0 aromatic rings. The van der Waals surface area contributed by atoms with E-state index < -0.39 is 0 Å². The van der Waals surface area contributed by atoms with Crippen LogP contribution in [0, 0.1) is 11.8 Å². The first-order valence-corrected chi connectivity index (χ1v) is 8.60. The minimum Gasteiger partial charge on any atom is -0.382 e. The van der Waals surface area contributed by atoms with Gasteiger partial charge in [-0.3, -0.25) is 0 Å². The van der Waals surface area contributed by atoms with Gasteiger partial charge in [-0.25, -0.2) is 0 Å². The number of methoxy groups -OCH3 is 1. The normalized spacial score (nSPS) is 26.4. The number of likely N-dealkylation sites (N-methyl/N-ethyl adjacent to an activating group) is 1. The standard InChI is InChI=1S/C17H35NO3/c1-5-18-16-8-7-15(14(2)3)13-17(16)21-10-6-9-20-12-11-19-4/h14-18H,5-13H2,1-4H3. The lowest BCUT2D eigenvalue weighted by molar-refractivity contribution is -0.0259. The summed E-state index contributed by atoms with van der Waals surface area (Å²) in [5.74, 6) is 1.57. The van der Waals surface area contributed by atoms with Crippen LogP contribution in [0.15, 0.2) is 0 Å². The van der Waals surface area contributed by atoms with Crippen LogP contribution < -0.4 is 5.32 Å². The Kier molecular flexibility index (Phi) is 10.3. The van der Waals surface area contributed by atoms with Gasteiger partial charge in [0.2, 0.25) is 0 Å². The molecule has 21 heavy (non-hydrogen) atoms. The van der Waals surface area contributed by atoms with Crippen molar-refractivity contribution in [3.05, 3.63) is 0 Å². The fourth-order valence-corrected chi connectivity index (χ4v) is 3.09. The van der Waals surface area contributed by atoms with E-state index in [-0.39, 0.29) is 0 Å². The third-order valence-electron chi connectivity index (χ3n) is 4.44. The second-order valence-corrected chi connectivity index (χ2v) is 6.35. The monoisotopic (exact) mass is 301 g/mol. The molecule has 3 unspecified atom stereocenters. The van der Waals surface area contributed by atoms with Gasteiger partial charge in [-0.1, -0.05) is 20.8 Å². The van der Waals surface area contributed by atoms with E-state index in [0.717, 1.165) is 38.0 Å². The third kappa shape index (κ3) is 7.59. The van der Waals surface area contributed by atoms with Crippen molar-refractivity contribution in [2.75, 3.05) is 40.1 Å². The van der Waals surface area contributed by atoms with Gasteiger partial charge in [0.15, 0.2) is 0 Å². The second-order valence-electron chi connectivity index (χ2n) is 6.35. The zero-order valence-corrected chi connectivity index (χ0v) is 14.4. The van der Waals surface area contributed by atoms with Crippen molar-refractivity contribution in [3.8, 4) is 0 Å². The number of hydrogen-bond acceptors (Lipinski definition) is 4. The largest absolute Gasteiger partial charge is 0.382 e. The Balaban J connectivity index is 2.23. The summed E-state index contributed by atoms with van der Waals surface area (Å²) in [6, 6.07) is 0.527. The van der Waals surface area contributed by atoms with E-state index in [1.807, 2.05) is 0 Å². The lowest BCUT2D eigenvalue weighted by Gasteiger charge is -2.38. The first-order chi connectivity index (χ1) is 10.2. The molecular formula is C17H35NO3. The molecule has 126 valence electrons. The molecule has 0 bridgehead atoms. The minimum atomic E-state index is 0.366. The van der Waals surface area contributed by atoms with Gasteiger partial charge < -0.3 is 19.5 Å². The highest BCUT2D eigenvalue weighted by Crippen LogP contribution is 2.31. The van der Waals surface area contributed by atoms with Crippen molar-refractivity contribution >= 4 is 0 Å². The second kappa shape index (κ2) is 11.4.